The monoisotopic (exact) mass is 638 g/mol. The number of pyridine rings is 1. The van der Waals surface area contributed by atoms with Crippen molar-refractivity contribution in [3.63, 3.8) is 0 Å². The normalized spacial score (nSPS) is 20.1. The lowest BCUT2D eigenvalue weighted by Gasteiger charge is -2.50. The second-order valence-corrected chi connectivity index (χ2v) is 17.3. The van der Waals surface area contributed by atoms with Crippen LogP contribution in [0.4, 0.5) is 0 Å². The summed E-state index contributed by atoms with van der Waals surface area (Å²) in [5.41, 5.74) is 4.02. The summed E-state index contributed by atoms with van der Waals surface area (Å²) in [4.78, 5) is 22.1. The van der Waals surface area contributed by atoms with Gasteiger partial charge in [-0.3, -0.25) is 5.41 Å². The van der Waals surface area contributed by atoms with E-state index >= 15 is 0 Å². The lowest BCUT2D eigenvalue weighted by Crippen LogP contribution is -2.50. The van der Waals surface area contributed by atoms with Crippen molar-refractivity contribution >= 4 is 63.0 Å². The maximum absolute atomic E-state index is 13.3. The van der Waals surface area contributed by atoms with E-state index < -0.39 is 0 Å². The van der Waals surface area contributed by atoms with E-state index in [1.807, 2.05) is 48.6 Å². The van der Waals surface area contributed by atoms with Gasteiger partial charge < -0.3 is 4.74 Å². The molecule has 236 valence electrons. The van der Waals surface area contributed by atoms with Crippen LogP contribution >= 0.6 is 22.7 Å². The Morgan fingerprint density at radius 2 is 1.62 bits per heavy atom. The summed E-state index contributed by atoms with van der Waals surface area (Å²) in [5, 5.41) is 9.96. The summed E-state index contributed by atoms with van der Waals surface area (Å²) < 4.78 is 6.20. The van der Waals surface area contributed by atoms with Crippen LogP contribution in [0, 0.1) is 22.2 Å². The lowest BCUT2D eigenvalue weighted by atomic mass is 9.59. The molecule has 0 amide bonds. The minimum absolute atomic E-state index is 0.0937. The Labute approximate surface area is 276 Å². The highest BCUT2D eigenvalue weighted by molar-refractivity contribution is 7.16. The molecule has 4 nitrogen and oxygen atoms in total. The van der Waals surface area contributed by atoms with Crippen molar-refractivity contribution in [3.8, 4) is 0 Å². The van der Waals surface area contributed by atoms with Gasteiger partial charge in [-0.1, -0.05) is 79.7 Å². The maximum atomic E-state index is 13.3. The van der Waals surface area contributed by atoms with E-state index in [0.29, 0.717) is 16.5 Å². The van der Waals surface area contributed by atoms with Crippen LogP contribution < -0.4 is 0 Å². The van der Waals surface area contributed by atoms with Crippen LogP contribution in [0.25, 0.3) is 28.6 Å². The highest BCUT2D eigenvalue weighted by Crippen LogP contribution is 2.50. The highest BCUT2D eigenvalue weighted by Gasteiger charge is 2.49. The van der Waals surface area contributed by atoms with E-state index in [1.54, 1.807) is 6.07 Å². The number of ether oxygens (including phenoxy) is 1. The minimum Gasteiger partial charge on any atom is -0.457 e. The molecule has 5 rings (SSSR count). The van der Waals surface area contributed by atoms with Crippen LogP contribution in [0.5, 0.6) is 0 Å². The first-order valence-corrected chi connectivity index (χ1v) is 17.4. The van der Waals surface area contributed by atoms with Crippen LogP contribution in [0.3, 0.4) is 0 Å². The van der Waals surface area contributed by atoms with E-state index in [0.717, 1.165) is 45.5 Å². The molecule has 4 aromatic rings. The molecule has 0 bridgehead atoms. The topological polar surface area (TPSA) is 63.0 Å². The van der Waals surface area contributed by atoms with Gasteiger partial charge >= 0.3 is 5.97 Å². The Hall–Kier alpha value is -3.35. The summed E-state index contributed by atoms with van der Waals surface area (Å²) in [5.74, 6) is 0.300. The van der Waals surface area contributed by atoms with Gasteiger partial charge in [0.25, 0.3) is 0 Å². The molecule has 0 aliphatic heterocycles. The number of carbonyl (C=O) groups is 1. The number of aromatic nitrogens is 1. The van der Waals surface area contributed by atoms with Crippen LogP contribution in [-0.2, 0) is 10.2 Å². The molecule has 1 fully saturated rings. The minimum atomic E-state index is -0.298. The number of fused-ring (bicyclic) bond motifs is 1. The van der Waals surface area contributed by atoms with Gasteiger partial charge in [-0.15, -0.1) is 22.7 Å². The van der Waals surface area contributed by atoms with Gasteiger partial charge in [0.1, 0.15) is 11.0 Å². The molecule has 1 N–H and O–H groups in total. The van der Waals surface area contributed by atoms with E-state index in [4.69, 9.17) is 15.1 Å². The predicted molar refractivity (Wildman–Crippen MR) is 194 cm³/mol. The Morgan fingerprint density at radius 1 is 0.956 bits per heavy atom. The molecular weight excluding hydrogens is 593 g/mol. The summed E-state index contributed by atoms with van der Waals surface area (Å²) >= 11 is 3.14. The first kappa shape index (κ1) is 33.0. The van der Waals surface area contributed by atoms with Crippen LogP contribution in [-0.4, -0.2) is 22.8 Å². The van der Waals surface area contributed by atoms with Crippen LogP contribution in [0.1, 0.15) is 111 Å². The summed E-state index contributed by atoms with van der Waals surface area (Å²) in [6.07, 6.45) is 8.08. The average molecular weight is 639 g/mol. The zero-order valence-electron chi connectivity index (χ0n) is 28.1. The smallest absolute Gasteiger partial charge is 0.348 e. The van der Waals surface area contributed by atoms with Crippen LogP contribution in [0.15, 0.2) is 60.7 Å². The molecule has 6 heteroatoms. The maximum Gasteiger partial charge on any atom is 0.348 e. The largest absolute Gasteiger partial charge is 0.457 e. The highest BCUT2D eigenvalue weighted by atomic mass is 32.1. The molecule has 1 aliphatic carbocycles. The van der Waals surface area contributed by atoms with Crippen molar-refractivity contribution in [1.82, 2.24) is 4.98 Å². The van der Waals surface area contributed by atoms with E-state index in [-0.39, 0.29) is 28.3 Å². The van der Waals surface area contributed by atoms with Gasteiger partial charge in [0.15, 0.2) is 0 Å². The van der Waals surface area contributed by atoms with Gasteiger partial charge in [0.05, 0.1) is 21.8 Å². The van der Waals surface area contributed by atoms with Gasteiger partial charge in [-0.25, -0.2) is 9.78 Å². The second kappa shape index (κ2) is 12.4. The number of nitrogens with zero attached hydrogens (tertiary/aromatic N) is 1. The number of benzene rings is 1. The Kier molecular flexibility index (Phi) is 9.14. The van der Waals surface area contributed by atoms with E-state index in [9.17, 15) is 4.79 Å². The van der Waals surface area contributed by atoms with Gasteiger partial charge in [-0.05, 0) is 90.8 Å². The van der Waals surface area contributed by atoms with Crippen molar-refractivity contribution < 1.29 is 9.53 Å². The third-order valence-corrected chi connectivity index (χ3v) is 11.3. The molecule has 0 atom stereocenters. The molecule has 0 spiro atoms. The van der Waals surface area contributed by atoms with Crippen molar-refractivity contribution in [1.29, 1.82) is 5.41 Å². The number of carbonyl (C=O) groups excluding carboxylic acids is 1. The van der Waals surface area contributed by atoms with Gasteiger partial charge in [0.2, 0.25) is 0 Å². The number of nitrogens with one attached hydrogen (secondary N) is 1. The Morgan fingerprint density at radius 3 is 2.29 bits per heavy atom. The summed E-state index contributed by atoms with van der Waals surface area (Å²) in [6, 6.07) is 18.3. The summed E-state index contributed by atoms with van der Waals surface area (Å²) in [7, 11) is 0. The predicted octanol–water partition coefficient (Wildman–Crippen LogP) is 11.3. The molecular formula is C39H46N2O2S2. The average Bonchev–Trinajstić information content (AvgIpc) is 3.63. The number of para-hydroxylation sites is 1. The first-order valence-electron chi connectivity index (χ1n) is 15.8. The molecule has 0 saturated heterocycles. The number of esters is 1. The number of allylic oxidation sites excluding steroid dienone is 2. The Bertz CT molecular complexity index is 1780. The molecule has 45 heavy (non-hydrogen) atoms. The SMILES string of the molecule is C/C(=C\C(=N)c1ccc(C(=O)OC2C(C)(C)CC(C)CC2(C)C)s1)c1cc(/C=C/c2ccc(C(C)(C)C)s2)c2ccccc2n1. The fraction of sp³-hybridized carbons (Fsp3) is 0.410. The summed E-state index contributed by atoms with van der Waals surface area (Å²) in [6.45, 7) is 19.8. The number of thiophene rings is 2. The molecule has 0 radical (unpaired) electrons. The van der Waals surface area contributed by atoms with Gasteiger partial charge in [-0.2, -0.15) is 0 Å². The fourth-order valence-electron chi connectivity index (χ4n) is 7.14. The van der Waals surface area contributed by atoms with Crippen molar-refractivity contribution in [2.75, 3.05) is 0 Å². The number of hydrogen-bond acceptors (Lipinski definition) is 6. The zero-order chi connectivity index (χ0) is 32.7. The van der Waals surface area contributed by atoms with E-state index in [2.05, 4.69) is 91.8 Å². The van der Waals surface area contributed by atoms with E-state index in [1.165, 1.54) is 21.1 Å². The van der Waals surface area contributed by atoms with Crippen molar-refractivity contribution in [2.45, 2.75) is 86.7 Å². The number of rotatable bonds is 7. The Balaban J connectivity index is 1.36. The molecule has 3 aromatic heterocycles. The molecule has 1 aromatic carbocycles. The standard InChI is InChI=1S/C39H46N2O2S2/c1-24-22-38(6,7)36(39(8,9)23-24)43-35(42)33-18-17-32(45-33)29(40)20-25(2)31-21-26(28-12-10-11-13-30(28)41-31)14-15-27-16-19-34(44-27)37(3,4)5/h10-21,24,36,40H,22-23H2,1-9H3/b15-14+,25-20+,40-29?. The third-order valence-electron chi connectivity index (χ3n) is 8.77. The molecule has 3 heterocycles. The number of hydrogen-bond donors (Lipinski definition) is 1. The fourth-order valence-corrected chi connectivity index (χ4v) is 8.92. The lowest BCUT2D eigenvalue weighted by molar-refractivity contribution is -0.103. The quantitative estimate of drug-likeness (QED) is 0.162. The second-order valence-electron chi connectivity index (χ2n) is 15.1. The van der Waals surface area contributed by atoms with Crippen molar-refractivity contribution in [3.05, 3.63) is 91.4 Å². The third kappa shape index (κ3) is 7.39. The zero-order valence-corrected chi connectivity index (χ0v) is 29.7. The van der Waals surface area contributed by atoms with Crippen LogP contribution in [0.2, 0.25) is 0 Å². The molecule has 1 saturated carbocycles. The first-order chi connectivity index (χ1) is 21.0. The van der Waals surface area contributed by atoms with Crippen molar-refractivity contribution in [2.24, 2.45) is 16.7 Å². The molecule has 1 aliphatic rings. The van der Waals surface area contributed by atoms with Gasteiger partial charge in [0, 0.05) is 26.0 Å². The molecule has 0 unspecified atom stereocenters.